The van der Waals surface area contributed by atoms with Gasteiger partial charge in [0.15, 0.2) is 0 Å². The molecule has 0 aliphatic heterocycles. The summed E-state index contributed by atoms with van der Waals surface area (Å²) in [6.07, 6.45) is 1.37. The lowest BCUT2D eigenvalue weighted by Gasteiger charge is -2.32. The van der Waals surface area contributed by atoms with Gasteiger partial charge in [-0.1, -0.05) is 13.8 Å². The predicted molar refractivity (Wildman–Crippen MR) is 66.6 cm³/mol. The van der Waals surface area contributed by atoms with Gasteiger partial charge >= 0.3 is 7.60 Å². The van der Waals surface area contributed by atoms with Gasteiger partial charge < -0.3 is 20.4 Å². The molecule has 0 spiro atoms. The van der Waals surface area contributed by atoms with Crippen LogP contribution in [0.15, 0.2) is 0 Å². The number of nitrogens with one attached hydrogen (secondary N) is 2. The Morgan fingerprint density at radius 3 is 1.61 bits per heavy atom. The molecule has 0 saturated carbocycles. The fraction of sp³-hybridized carbons (Fsp3) is 0.800. The summed E-state index contributed by atoms with van der Waals surface area (Å²) in [5.74, 6) is -1.03. The van der Waals surface area contributed by atoms with Crippen molar-refractivity contribution in [1.82, 2.24) is 10.6 Å². The Balaban J connectivity index is 4.91. The number of amides is 2. The van der Waals surface area contributed by atoms with E-state index in [-0.39, 0.29) is 12.8 Å². The van der Waals surface area contributed by atoms with Gasteiger partial charge in [0.05, 0.1) is 0 Å². The van der Waals surface area contributed by atoms with Gasteiger partial charge in [-0.05, 0) is 19.8 Å². The molecule has 0 aliphatic carbocycles. The molecular formula is C10H21N2O5P. The van der Waals surface area contributed by atoms with E-state index in [1.54, 1.807) is 13.8 Å². The van der Waals surface area contributed by atoms with E-state index in [2.05, 4.69) is 10.6 Å². The Labute approximate surface area is 106 Å². The highest BCUT2D eigenvalue weighted by Gasteiger charge is 2.44. The minimum Gasteiger partial charge on any atom is -0.324 e. The number of hydrogen-bond acceptors (Lipinski definition) is 3. The van der Waals surface area contributed by atoms with Gasteiger partial charge in [-0.15, -0.1) is 0 Å². The van der Waals surface area contributed by atoms with Gasteiger partial charge in [-0.25, -0.2) is 0 Å². The minimum atomic E-state index is -4.71. The van der Waals surface area contributed by atoms with Crippen LogP contribution in [0, 0.1) is 0 Å². The molecule has 0 aliphatic rings. The van der Waals surface area contributed by atoms with Gasteiger partial charge in [0, 0.05) is 12.8 Å². The number of carbonyl (C=O) groups is 2. The average molecular weight is 280 g/mol. The van der Waals surface area contributed by atoms with Crippen molar-refractivity contribution in [3.63, 3.8) is 0 Å². The Morgan fingerprint density at radius 1 is 1.06 bits per heavy atom. The van der Waals surface area contributed by atoms with Crippen LogP contribution in [0.3, 0.4) is 0 Å². The second-order valence-electron chi connectivity index (χ2n) is 4.21. The first-order chi connectivity index (χ1) is 8.16. The first kappa shape index (κ1) is 17.1. The van der Waals surface area contributed by atoms with E-state index in [4.69, 9.17) is 0 Å². The van der Waals surface area contributed by atoms with Crippen LogP contribution in [0.2, 0.25) is 0 Å². The molecular weight excluding hydrogens is 259 g/mol. The Morgan fingerprint density at radius 2 is 1.39 bits per heavy atom. The average Bonchev–Trinajstić information content (AvgIpc) is 2.15. The van der Waals surface area contributed by atoms with Crippen molar-refractivity contribution in [3.8, 4) is 0 Å². The highest BCUT2D eigenvalue weighted by molar-refractivity contribution is 7.53. The predicted octanol–water partition coefficient (Wildman–Crippen LogP) is 0.670. The van der Waals surface area contributed by atoms with Crippen LogP contribution in [-0.2, 0) is 14.2 Å². The van der Waals surface area contributed by atoms with Crippen LogP contribution in [0.5, 0.6) is 0 Å². The number of carbonyl (C=O) groups excluding carboxylic acids is 2. The zero-order valence-electron chi connectivity index (χ0n) is 10.9. The lowest BCUT2D eigenvalue weighted by atomic mass is 10.3. The maximum atomic E-state index is 11.4. The van der Waals surface area contributed by atoms with Crippen molar-refractivity contribution in [2.24, 2.45) is 0 Å². The summed E-state index contributed by atoms with van der Waals surface area (Å²) >= 11 is 0. The lowest BCUT2D eigenvalue weighted by molar-refractivity contribution is -0.125. The van der Waals surface area contributed by atoms with Crippen LogP contribution in [-0.4, -0.2) is 27.0 Å². The molecule has 0 radical (unpaired) electrons. The van der Waals surface area contributed by atoms with E-state index in [0.717, 1.165) is 6.92 Å². The third-order valence-electron chi connectivity index (χ3n) is 2.30. The second kappa shape index (κ2) is 6.87. The van der Waals surface area contributed by atoms with E-state index in [9.17, 15) is 23.9 Å². The summed E-state index contributed by atoms with van der Waals surface area (Å²) in [6, 6.07) is 0. The van der Waals surface area contributed by atoms with E-state index in [1.807, 2.05) is 0 Å². The summed E-state index contributed by atoms with van der Waals surface area (Å²) in [5.41, 5.74) is 0. The second-order valence-corrected chi connectivity index (χ2v) is 6.20. The maximum absolute atomic E-state index is 11.4. The van der Waals surface area contributed by atoms with Crippen molar-refractivity contribution in [2.45, 2.75) is 51.9 Å². The first-order valence-electron chi connectivity index (χ1n) is 5.84. The molecule has 0 aromatic heterocycles. The highest BCUT2D eigenvalue weighted by Crippen LogP contribution is 2.46. The largest absolute Gasteiger partial charge is 0.370 e. The molecule has 4 N–H and O–H groups in total. The van der Waals surface area contributed by atoms with Crippen LogP contribution in [0.25, 0.3) is 0 Å². The molecule has 18 heavy (non-hydrogen) atoms. The van der Waals surface area contributed by atoms with Crippen molar-refractivity contribution in [2.75, 3.05) is 0 Å². The zero-order chi connectivity index (χ0) is 14.4. The molecule has 0 bridgehead atoms. The van der Waals surface area contributed by atoms with E-state index in [1.165, 1.54) is 0 Å². The van der Waals surface area contributed by atoms with Crippen LogP contribution >= 0.6 is 7.60 Å². The van der Waals surface area contributed by atoms with Gasteiger partial charge in [-0.3, -0.25) is 14.2 Å². The highest BCUT2D eigenvalue weighted by atomic mass is 31.2. The maximum Gasteiger partial charge on any atom is 0.370 e. The normalized spacial score (nSPS) is 12.1. The van der Waals surface area contributed by atoms with Gasteiger partial charge in [-0.2, -0.15) is 0 Å². The van der Waals surface area contributed by atoms with Gasteiger partial charge in [0.1, 0.15) is 0 Å². The number of hydrogen-bond donors (Lipinski definition) is 4. The first-order valence-corrected chi connectivity index (χ1v) is 7.45. The van der Waals surface area contributed by atoms with Crippen molar-refractivity contribution >= 4 is 19.4 Å². The zero-order valence-corrected chi connectivity index (χ0v) is 11.8. The summed E-state index contributed by atoms with van der Waals surface area (Å²) in [6.45, 7) is 4.64. The minimum absolute atomic E-state index is 0.138. The standard InChI is InChI=1S/C10H21N2O5P/c1-4-6-8(13)11-10(3,18(15,16)17)12-9(14)7-5-2/h4-7H2,1-3H3,(H,11,13)(H,12,14)(H2,15,16,17). The van der Waals surface area contributed by atoms with Crippen molar-refractivity contribution in [3.05, 3.63) is 0 Å². The van der Waals surface area contributed by atoms with E-state index >= 15 is 0 Å². The Bertz CT molecular complexity index is 332. The number of rotatable bonds is 7. The molecule has 0 aromatic carbocycles. The summed E-state index contributed by atoms with van der Waals surface area (Å²) in [5, 5.41) is 2.33. The van der Waals surface area contributed by atoms with Crippen LogP contribution in [0.1, 0.15) is 46.5 Å². The van der Waals surface area contributed by atoms with Gasteiger partial charge in [0.25, 0.3) is 0 Å². The Hall–Kier alpha value is -0.910. The smallest absolute Gasteiger partial charge is 0.324 e. The SMILES string of the molecule is CCCC(=O)NC(C)(NC(=O)CCC)P(=O)(O)O. The van der Waals surface area contributed by atoms with Crippen molar-refractivity contribution in [1.29, 1.82) is 0 Å². The summed E-state index contributed by atoms with van der Waals surface area (Å²) in [7, 11) is -4.71. The topological polar surface area (TPSA) is 116 Å². The van der Waals surface area contributed by atoms with E-state index in [0.29, 0.717) is 12.8 Å². The molecule has 0 rings (SSSR count). The molecule has 2 amide bonds. The molecule has 7 nitrogen and oxygen atoms in total. The third kappa shape index (κ3) is 5.16. The van der Waals surface area contributed by atoms with Crippen LogP contribution in [0.4, 0.5) is 0 Å². The molecule has 0 atom stereocenters. The van der Waals surface area contributed by atoms with Crippen molar-refractivity contribution < 1.29 is 23.9 Å². The van der Waals surface area contributed by atoms with Gasteiger partial charge in [0.2, 0.25) is 17.2 Å². The third-order valence-corrected chi connectivity index (χ3v) is 3.69. The fourth-order valence-corrected chi connectivity index (χ4v) is 1.84. The molecule has 106 valence electrons. The lowest BCUT2D eigenvalue weighted by Crippen LogP contribution is -2.58. The fourth-order valence-electron chi connectivity index (χ4n) is 1.30. The molecule has 8 heteroatoms. The molecule has 0 heterocycles. The monoisotopic (exact) mass is 280 g/mol. The molecule has 0 aromatic rings. The Kier molecular flexibility index (Phi) is 6.52. The van der Waals surface area contributed by atoms with Crippen LogP contribution < -0.4 is 10.6 Å². The molecule has 0 saturated heterocycles. The quantitative estimate of drug-likeness (QED) is 0.404. The summed E-state index contributed by atoms with van der Waals surface area (Å²) in [4.78, 5) is 41.4. The molecule has 0 fully saturated rings. The summed E-state index contributed by atoms with van der Waals surface area (Å²) < 4.78 is 11.4. The van der Waals surface area contributed by atoms with E-state index < -0.39 is 24.8 Å². The molecule has 0 unspecified atom stereocenters.